The van der Waals surface area contributed by atoms with Crippen molar-refractivity contribution in [2.24, 2.45) is 11.7 Å². The third kappa shape index (κ3) is 3.85. The third-order valence-corrected chi connectivity index (χ3v) is 4.67. The standard InChI is InChI=1S/C16H21F2N7O/c1-9(19)12(20)14(26)24-13(10-2-4-16(17,18)5-3-10)11-8-25-15(23-11)21-6-7-22-25/h6-10,13,20H,2-5,19H2,1H3,(H,24,26). The monoisotopic (exact) mass is 365 g/mol. The van der Waals surface area contributed by atoms with Crippen molar-refractivity contribution in [2.45, 2.75) is 50.6 Å². The smallest absolute Gasteiger partial charge is 0.267 e. The summed E-state index contributed by atoms with van der Waals surface area (Å²) in [6.07, 6.45) is 4.63. The van der Waals surface area contributed by atoms with Crippen LogP contribution in [-0.4, -0.2) is 43.2 Å². The van der Waals surface area contributed by atoms with Crippen LogP contribution in [0.2, 0.25) is 0 Å². The number of hydrogen-bond acceptors (Lipinski definition) is 6. The van der Waals surface area contributed by atoms with Crippen molar-refractivity contribution in [3.05, 3.63) is 24.3 Å². The molecule has 3 rings (SSSR count). The number of aromatic nitrogens is 4. The van der Waals surface area contributed by atoms with Crippen molar-refractivity contribution < 1.29 is 13.6 Å². The number of nitrogens with zero attached hydrogens (tertiary/aromatic N) is 4. The summed E-state index contributed by atoms with van der Waals surface area (Å²) in [5.41, 5.74) is 5.82. The van der Waals surface area contributed by atoms with Gasteiger partial charge in [0.1, 0.15) is 5.71 Å². The molecule has 4 N–H and O–H groups in total. The summed E-state index contributed by atoms with van der Waals surface area (Å²) in [6, 6.07) is -1.34. The van der Waals surface area contributed by atoms with Gasteiger partial charge in [0.2, 0.25) is 5.92 Å². The van der Waals surface area contributed by atoms with Crippen molar-refractivity contribution in [3.8, 4) is 0 Å². The molecule has 2 heterocycles. The largest absolute Gasteiger partial charge is 0.342 e. The molecule has 0 radical (unpaired) electrons. The van der Waals surface area contributed by atoms with Crippen molar-refractivity contribution in [3.63, 3.8) is 0 Å². The first-order valence-electron chi connectivity index (χ1n) is 8.46. The zero-order valence-electron chi connectivity index (χ0n) is 14.3. The number of alkyl halides is 2. The molecule has 1 saturated carbocycles. The number of hydrogen-bond donors (Lipinski definition) is 3. The summed E-state index contributed by atoms with van der Waals surface area (Å²) in [5, 5.41) is 14.6. The number of nitrogens with two attached hydrogens (primary N) is 1. The summed E-state index contributed by atoms with van der Waals surface area (Å²) in [6.45, 7) is 1.54. The van der Waals surface area contributed by atoms with Crippen LogP contribution in [0.15, 0.2) is 18.6 Å². The van der Waals surface area contributed by atoms with E-state index in [1.165, 1.54) is 23.8 Å². The molecule has 10 heteroatoms. The molecular weight excluding hydrogens is 344 g/mol. The Morgan fingerprint density at radius 3 is 2.73 bits per heavy atom. The summed E-state index contributed by atoms with van der Waals surface area (Å²) in [5.74, 6) is -3.17. The van der Waals surface area contributed by atoms with E-state index in [1.807, 2.05) is 0 Å². The highest BCUT2D eigenvalue weighted by Gasteiger charge is 2.39. The van der Waals surface area contributed by atoms with E-state index < -0.39 is 23.9 Å². The minimum absolute atomic E-state index is 0.218. The molecule has 0 saturated heterocycles. The molecule has 0 bridgehead atoms. The molecule has 0 aromatic carbocycles. The fourth-order valence-corrected chi connectivity index (χ4v) is 3.16. The first-order chi connectivity index (χ1) is 12.3. The number of amides is 1. The van der Waals surface area contributed by atoms with E-state index in [4.69, 9.17) is 11.1 Å². The summed E-state index contributed by atoms with van der Waals surface area (Å²) < 4.78 is 28.5. The van der Waals surface area contributed by atoms with Crippen LogP contribution in [0.3, 0.4) is 0 Å². The van der Waals surface area contributed by atoms with Gasteiger partial charge in [-0.2, -0.15) is 5.10 Å². The molecule has 1 amide bonds. The van der Waals surface area contributed by atoms with Crippen LogP contribution in [0, 0.1) is 11.3 Å². The Labute approximate surface area is 148 Å². The Morgan fingerprint density at radius 2 is 2.12 bits per heavy atom. The molecule has 1 aliphatic rings. The van der Waals surface area contributed by atoms with Gasteiger partial charge in [-0.05, 0) is 25.7 Å². The molecule has 140 valence electrons. The molecule has 0 aliphatic heterocycles. The van der Waals surface area contributed by atoms with Gasteiger partial charge in [-0.1, -0.05) is 0 Å². The van der Waals surface area contributed by atoms with E-state index in [0.29, 0.717) is 11.5 Å². The Morgan fingerprint density at radius 1 is 1.42 bits per heavy atom. The van der Waals surface area contributed by atoms with Crippen molar-refractivity contribution in [1.29, 1.82) is 5.41 Å². The highest BCUT2D eigenvalue weighted by Crippen LogP contribution is 2.41. The molecule has 0 spiro atoms. The quantitative estimate of drug-likeness (QED) is 0.693. The number of nitrogens with one attached hydrogen (secondary N) is 2. The predicted molar refractivity (Wildman–Crippen MR) is 89.9 cm³/mol. The maximum absolute atomic E-state index is 13.5. The SMILES string of the molecule is CC(N)C(=N)C(=O)NC(c1cn2nccnc2n1)C1CCC(F)(F)CC1. The number of carbonyl (C=O) groups excluding carboxylic acids is 1. The highest BCUT2D eigenvalue weighted by atomic mass is 19.3. The predicted octanol–water partition coefficient (Wildman–Crippen LogP) is 1.47. The number of rotatable bonds is 5. The molecule has 2 atom stereocenters. The summed E-state index contributed by atoms with van der Waals surface area (Å²) >= 11 is 0. The summed E-state index contributed by atoms with van der Waals surface area (Å²) in [4.78, 5) is 20.8. The lowest BCUT2D eigenvalue weighted by atomic mass is 9.81. The average Bonchev–Trinajstić information content (AvgIpc) is 3.02. The highest BCUT2D eigenvalue weighted by molar-refractivity contribution is 6.39. The van der Waals surface area contributed by atoms with Gasteiger partial charge in [-0.3, -0.25) is 10.2 Å². The van der Waals surface area contributed by atoms with E-state index >= 15 is 0 Å². The lowest BCUT2D eigenvalue weighted by molar-refractivity contribution is -0.116. The molecule has 2 aromatic heterocycles. The minimum atomic E-state index is -2.68. The van der Waals surface area contributed by atoms with Gasteiger partial charge in [-0.25, -0.2) is 23.3 Å². The second kappa shape index (κ2) is 7.02. The van der Waals surface area contributed by atoms with E-state index in [-0.39, 0.29) is 37.3 Å². The lowest BCUT2D eigenvalue weighted by Crippen LogP contribution is -2.44. The maximum Gasteiger partial charge on any atom is 0.267 e. The van der Waals surface area contributed by atoms with Crippen LogP contribution >= 0.6 is 0 Å². The normalized spacial score (nSPS) is 19.8. The van der Waals surface area contributed by atoms with E-state index in [0.717, 1.165) is 0 Å². The van der Waals surface area contributed by atoms with Crippen LogP contribution < -0.4 is 11.1 Å². The van der Waals surface area contributed by atoms with Gasteiger partial charge in [0.05, 0.1) is 30.3 Å². The van der Waals surface area contributed by atoms with Crippen LogP contribution in [-0.2, 0) is 4.79 Å². The Kier molecular flexibility index (Phi) is 4.94. The Balaban J connectivity index is 1.88. The molecule has 1 fully saturated rings. The van der Waals surface area contributed by atoms with E-state index in [9.17, 15) is 13.6 Å². The van der Waals surface area contributed by atoms with Gasteiger partial charge < -0.3 is 11.1 Å². The van der Waals surface area contributed by atoms with Crippen LogP contribution in [0.1, 0.15) is 44.3 Å². The van der Waals surface area contributed by atoms with E-state index in [2.05, 4.69) is 20.4 Å². The Bertz CT molecular complexity index is 777. The fraction of sp³-hybridized carbons (Fsp3) is 0.562. The number of halogens is 2. The second-order valence-corrected chi connectivity index (χ2v) is 6.70. The van der Waals surface area contributed by atoms with Gasteiger partial charge in [0.15, 0.2) is 0 Å². The maximum atomic E-state index is 13.5. The zero-order valence-corrected chi connectivity index (χ0v) is 14.3. The van der Waals surface area contributed by atoms with Crippen LogP contribution in [0.4, 0.5) is 8.78 Å². The summed E-state index contributed by atoms with van der Waals surface area (Å²) in [7, 11) is 0. The zero-order chi connectivity index (χ0) is 18.9. The first kappa shape index (κ1) is 18.3. The number of carbonyl (C=O) groups is 1. The van der Waals surface area contributed by atoms with Crippen molar-refractivity contribution in [2.75, 3.05) is 0 Å². The molecule has 2 aromatic rings. The van der Waals surface area contributed by atoms with Gasteiger partial charge in [0.25, 0.3) is 11.7 Å². The second-order valence-electron chi connectivity index (χ2n) is 6.70. The van der Waals surface area contributed by atoms with Gasteiger partial charge >= 0.3 is 0 Å². The molecule has 2 unspecified atom stereocenters. The Hall–Kier alpha value is -2.49. The third-order valence-electron chi connectivity index (χ3n) is 4.67. The van der Waals surface area contributed by atoms with Gasteiger partial charge in [-0.15, -0.1) is 0 Å². The van der Waals surface area contributed by atoms with Gasteiger partial charge in [0, 0.05) is 18.9 Å². The van der Waals surface area contributed by atoms with E-state index in [1.54, 1.807) is 6.20 Å². The number of fused-ring (bicyclic) bond motifs is 1. The van der Waals surface area contributed by atoms with Crippen molar-refractivity contribution >= 4 is 17.4 Å². The molecule has 8 nitrogen and oxygen atoms in total. The molecule has 26 heavy (non-hydrogen) atoms. The lowest BCUT2D eigenvalue weighted by Gasteiger charge is -2.33. The van der Waals surface area contributed by atoms with Crippen molar-refractivity contribution in [1.82, 2.24) is 24.9 Å². The molecule has 1 aliphatic carbocycles. The topological polar surface area (TPSA) is 122 Å². The van der Waals surface area contributed by atoms with Crippen LogP contribution in [0.5, 0.6) is 0 Å². The van der Waals surface area contributed by atoms with Crippen LogP contribution in [0.25, 0.3) is 5.78 Å². The minimum Gasteiger partial charge on any atom is -0.342 e. The fourth-order valence-electron chi connectivity index (χ4n) is 3.16. The first-order valence-corrected chi connectivity index (χ1v) is 8.46. The molecular formula is C16H21F2N7O. The number of imidazole rings is 1. The average molecular weight is 365 g/mol.